The fraction of sp³-hybridized carbons (Fsp3) is 0.833. The molecule has 4 unspecified atom stereocenters. The van der Waals surface area contributed by atoms with Crippen LogP contribution in [-0.2, 0) is 0 Å². The number of likely N-dealkylation sites (tertiary alicyclic amines) is 1. The number of hydrogen-bond donors (Lipinski definition) is 1. The van der Waals surface area contributed by atoms with Gasteiger partial charge in [0.15, 0.2) is 0 Å². The van der Waals surface area contributed by atoms with Crippen LogP contribution in [0.15, 0.2) is 23.3 Å². The summed E-state index contributed by atoms with van der Waals surface area (Å²) in [6.45, 7) is 6.65. The third-order valence-electron chi connectivity index (χ3n) is 8.22. The van der Waals surface area contributed by atoms with Crippen LogP contribution in [0.2, 0.25) is 0 Å². The molecule has 1 aliphatic heterocycles. The summed E-state index contributed by atoms with van der Waals surface area (Å²) in [4.78, 5) is 2.70. The average molecular weight is 358 g/mol. The van der Waals surface area contributed by atoms with E-state index in [4.69, 9.17) is 0 Å². The van der Waals surface area contributed by atoms with Crippen LogP contribution in [0.1, 0.15) is 84.0 Å². The second-order valence-electron chi connectivity index (χ2n) is 9.84. The van der Waals surface area contributed by atoms with E-state index in [9.17, 15) is 5.11 Å². The molecule has 1 heterocycles. The molecule has 1 saturated heterocycles. The van der Waals surface area contributed by atoms with Crippen molar-refractivity contribution in [3.8, 4) is 0 Å². The standard InChI is InChI=1S/C24H39NO/c1-24-14-5-7-20(10-9-19-6-4-8-22(26)18-19)23(24)12-11-21(24)13-17-25-15-2-3-16-25/h9-10,21-23,26H,2-8,11-18H2,1H3/b19-9-,20-10+. The first-order chi connectivity index (χ1) is 12.6. The van der Waals surface area contributed by atoms with Gasteiger partial charge in [0.05, 0.1) is 6.10 Å². The van der Waals surface area contributed by atoms with Gasteiger partial charge in [-0.3, -0.25) is 0 Å². The summed E-state index contributed by atoms with van der Waals surface area (Å²) in [7, 11) is 0. The number of nitrogens with zero attached hydrogens (tertiary/aromatic N) is 1. The highest BCUT2D eigenvalue weighted by Crippen LogP contribution is 2.58. The summed E-state index contributed by atoms with van der Waals surface area (Å²) < 4.78 is 0. The quantitative estimate of drug-likeness (QED) is 0.720. The first kappa shape index (κ1) is 18.7. The maximum Gasteiger partial charge on any atom is 0.0577 e. The van der Waals surface area contributed by atoms with Gasteiger partial charge in [0.2, 0.25) is 0 Å². The SMILES string of the molecule is CC12CCC/C(=C\C=C3\CCCC(O)C3)C1CCC2CCN1CCCC1. The van der Waals surface area contributed by atoms with Crippen molar-refractivity contribution in [3.05, 3.63) is 23.3 Å². The van der Waals surface area contributed by atoms with E-state index in [1.54, 1.807) is 5.57 Å². The minimum atomic E-state index is -0.0912. The Labute approximate surface area is 160 Å². The van der Waals surface area contributed by atoms with Crippen molar-refractivity contribution in [1.82, 2.24) is 4.90 Å². The zero-order chi connectivity index (χ0) is 18.0. The molecule has 4 atom stereocenters. The fourth-order valence-electron chi connectivity index (χ4n) is 6.61. The van der Waals surface area contributed by atoms with Crippen molar-refractivity contribution in [2.75, 3.05) is 19.6 Å². The maximum atomic E-state index is 9.93. The molecular weight excluding hydrogens is 318 g/mol. The molecule has 4 fully saturated rings. The van der Waals surface area contributed by atoms with Gasteiger partial charge in [-0.05, 0) is 114 Å². The molecular formula is C24H39NO. The second-order valence-corrected chi connectivity index (χ2v) is 9.84. The Hall–Kier alpha value is -0.600. The van der Waals surface area contributed by atoms with Crippen LogP contribution in [-0.4, -0.2) is 35.7 Å². The van der Waals surface area contributed by atoms with Crippen LogP contribution in [0.5, 0.6) is 0 Å². The largest absolute Gasteiger partial charge is 0.393 e. The normalized spacial score (nSPS) is 41.8. The van der Waals surface area contributed by atoms with Gasteiger partial charge >= 0.3 is 0 Å². The molecule has 4 aliphatic rings. The molecule has 146 valence electrons. The monoisotopic (exact) mass is 357 g/mol. The van der Waals surface area contributed by atoms with Gasteiger partial charge in [0.1, 0.15) is 0 Å². The smallest absolute Gasteiger partial charge is 0.0577 e. The molecule has 0 bridgehead atoms. The third-order valence-corrected chi connectivity index (χ3v) is 8.22. The van der Waals surface area contributed by atoms with Crippen LogP contribution >= 0.6 is 0 Å². The van der Waals surface area contributed by atoms with Gasteiger partial charge in [-0.2, -0.15) is 0 Å². The molecule has 2 nitrogen and oxygen atoms in total. The van der Waals surface area contributed by atoms with E-state index < -0.39 is 0 Å². The van der Waals surface area contributed by atoms with E-state index in [1.807, 2.05) is 0 Å². The Balaban J connectivity index is 1.41. The highest BCUT2D eigenvalue weighted by Gasteiger charge is 2.48. The van der Waals surface area contributed by atoms with Crippen molar-refractivity contribution in [2.45, 2.75) is 90.1 Å². The highest BCUT2D eigenvalue weighted by molar-refractivity contribution is 5.25. The van der Waals surface area contributed by atoms with E-state index in [0.717, 1.165) is 31.1 Å². The Bertz CT molecular complexity index is 544. The Morgan fingerprint density at radius 2 is 1.88 bits per heavy atom. The molecule has 4 rings (SSSR count). The first-order valence-corrected chi connectivity index (χ1v) is 11.4. The van der Waals surface area contributed by atoms with E-state index >= 15 is 0 Å². The summed E-state index contributed by atoms with van der Waals surface area (Å²) in [6, 6.07) is 0. The third kappa shape index (κ3) is 3.97. The summed E-state index contributed by atoms with van der Waals surface area (Å²) in [6.07, 6.45) is 20.3. The van der Waals surface area contributed by atoms with Gasteiger partial charge in [-0.25, -0.2) is 0 Å². The number of rotatable bonds is 4. The molecule has 3 aliphatic carbocycles. The first-order valence-electron chi connectivity index (χ1n) is 11.4. The average Bonchev–Trinajstić information content (AvgIpc) is 3.25. The fourth-order valence-corrected chi connectivity index (χ4v) is 6.61. The second kappa shape index (κ2) is 8.19. The van der Waals surface area contributed by atoms with Crippen molar-refractivity contribution >= 4 is 0 Å². The molecule has 0 aromatic carbocycles. The number of allylic oxidation sites excluding steroid dienone is 3. The predicted octanol–water partition coefficient (Wildman–Crippen LogP) is 5.48. The van der Waals surface area contributed by atoms with Crippen molar-refractivity contribution < 1.29 is 5.11 Å². The van der Waals surface area contributed by atoms with E-state index in [0.29, 0.717) is 5.41 Å². The maximum absolute atomic E-state index is 9.93. The van der Waals surface area contributed by atoms with Crippen LogP contribution < -0.4 is 0 Å². The number of aliphatic hydroxyl groups is 1. The molecule has 0 aromatic heterocycles. The lowest BCUT2D eigenvalue weighted by molar-refractivity contribution is 0.120. The van der Waals surface area contributed by atoms with Crippen molar-refractivity contribution in [1.29, 1.82) is 0 Å². The Kier molecular flexibility index (Phi) is 5.90. The van der Waals surface area contributed by atoms with Crippen LogP contribution in [0, 0.1) is 17.3 Å². The summed E-state index contributed by atoms with van der Waals surface area (Å²) >= 11 is 0. The molecule has 26 heavy (non-hydrogen) atoms. The molecule has 0 aromatic rings. The molecule has 3 saturated carbocycles. The minimum absolute atomic E-state index is 0.0912. The lowest BCUT2D eigenvalue weighted by atomic mass is 9.63. The van der Waals surface area contributed by atoms with E-state index in [2.05, 4.69) is 24.0 Å². The Morgan fingerprint density at radius 3 is 2.69 bits per heavy atom. The van der Waals surface area contributed by atoms with Crippen molar-refractivity contribution in [3.63, 3.8) is 0 Å². The summed E-state index contributed by atoms with van der Waals surface area (Å²) in [5.41, 5.74) is 3.76. The van der Waals surface area contributed by atoms with Crippen LogP contribution in [0.3, 0.4) is 0 Å². The molecule has 0 spiro atoms. The van der Waals surface area contributed by atoms with E-state index in [1.165, 1.54) is 83.0 Å². The molecule has 0 amide bonds. The zero-order valence-corrected chi connectivity index (χ0v) is 16.9. The number of aliphatic hydroxyl groups excluding tert-OH is 1. The van der Waals surface area contributed by atoms with Gasteiger partial charge in [0.25, 0.3) is 0 Å². The summed E-state index contributed by atoms with van der Waals surface area (Å²) in [5, 5.41) is 9.93. The highest BCUT2D eigenvalue weighted by atomic mass is 16.3. The lowest BCUT2D eigenvalue weighted by Crippen LogP contribution is -2.35. The van der Waals surface area contributed by atoms with Gasteiger partial charge in [0, 0.05) is 0 Å². The number of fused-ring (bicyclic) bond motifs is 1. The topological polar surface area (TPSA) is 23.5 Å². The Morgan fingerprint density at radius 1 is 1.04 bits per heavy atom. The summed E-state index contributed by atoms with van der Waals surface area (Å²) in [5.74, 6) is 1.76. The molecule has 1 N–H and O–H groups in total. The van der Waals surface area contributed by atoms with Crippen LogP contribution in [0.4, 0.5) is 0 Å². The number of hydrogen-bond acceptors (Lipinski definition) is 2. The van der Waals surface area contributed by atoms with E-state index in [-0.39, 0.29) is 6.10 Å². The minimum Gasteiger partial charge on any atom is -0.393 e. The van der Waals surface area contributed by atoms with Gasteiger partial charge in [-0.1, -0.05) is 30.2 Å². The lowest BCUT2D eigenvalue weighted by Gasteiger charge is -2.42. The molecule has 0 radical (unpaired) electrons. The molecule has 2 heteroatoms. The van der Waals surface area contributed by atoms with Crippen LogP contribution in [0.25, 0.3) is 0 Å². The van der Waals surface area contributed by atoms with Gasteiger partial charge < -0.3 is 10.0 Å². The van der Waals surface area contributed by atoms with Gasteiger partial charge in [-0.15, -0.1) is 0 Å². The zero-order valence-electron chi connectivity index (χ0n) is 16.9. The van der Waals surface area contributed by atoms with Crippen molar-refractivity contribution in [2.24, 2.45) is 17.3 Å². The predicted molar refractivity (Wildman–Crippen MR) is 109 cm³/mol.